The van der Waals surface area contributed by atoms with Gasteiger partial charge in [-0.1, -0.05) is 31.7 Å². The molecule has 3 rings (SSSR count). The third-order valence-electron chi connectivity index (χ3n) is 5.21. The van der Waals surface area contributed by atoms with E-state index in [1.807, 2.05) is 36.2 Å². The molecule has 0 bridgehead atoms. The number of rotatable bonds is 5. The summed E-state index contributed by atoms with van der Waals surface area (Å²) in [5, 5.41) is 0.954. The number of nitrogens with one attached hydrogen (secondary N) is 1. The van der Waals surface area contributed by atoms with Gasteiger partial charge in [0.2, 0.25) is 0 Å². The highest BCUT2D eigenvalue weighted by Gasteiger charge is 2.24. The fourth-order valence-electron chi connectivity index (χ4n) is 3.70. The average molecular weight is 314 g/mol. The zero-order valence-electron chi connectivity index (χ0n) is 14.3. The van der Waals surface area contributed by atoms with Crippen LogP contribution in [0.15, 0.2) is 24.3 Å². The summed E-state index contributed by atoms with van der Waals surface area (Å²) in [5.41, 5.74) is 1.56. The lowest BCUT2D eigenvalue weighted by molar-refractivity contribution is 0.0719. The van der Waals surface area contributed by atoms with Gasteiger partial charge in [-0.25, -0.2) is 0 Å². The predicted molar refractivity (Wildman–Crippen MR) is 93.0 cm³/mol. The smallest absolute Gasteiger partial charge is 0.270 e. The molecule has 1 saturated carbocycles. The Balaban J connectivity index is 1.76. The van der Waals surface area contributed by atoms with E-state index < -0.39 is 0 Å². The maximum atomic E-state index is 12.8. The maximum Gasteiger partial charge on any atom is 0.270 e. The highest BCUT2D eigenvalue weighted by atomic mass is 16.5. The van der Waals surface area contributed by atoms with Crippen LogP contribution < -0.4 is 4.74 Å². The monoisotopic (exact) mass is 314 g/mol. The minimum absolute atomic E-state index is 0.0498. The summed E-state index contributed by atoms with van der Waals surface area (Å²) in [4.78, 5) is 17.9. The molecule has 1 heterocycles. The van der Waals surface area contributed by atoms with Gasteiger partial charge in [0.05, 0.1) is 7.11 Å². The highest BCUT2D eigenvalue weighted by molar-refractivity contribution is 5.99. The summed E-state index contributed by atoms with van der Waals surface area (Å²) in [6.07, 6.45) is 6.42. The predicted octanol–water partition coefficient (Wildman–Crippen LogP) is 4.22. The first-order chi connectivity index (χ1) is 11.1. The number of hydrogen-bond donors (Lipinski definition) is 1. The summed E-state index contributed by atoms with van der Waals surface area (Å²) < 4.78 is 5.37. The second-order valence-corrected chi connectivity index (χ2v) is 6.76. The molecule has 1 atom stereocenters. The van der Waals surface area contributed by atoms with Crippen LogP contribution in [0.1, 0.15) is 49.5 Å². The molecule has 1 aliphatic rings. The Morgan fingerprint density at radius 2 is 2.13 bits per heavy atom. The van der Waals surface area contributed by atoms with E-state index in [-0.39, 0.29) is 11.9 Å². The number of hydrogen-bond acceptors (Lipinski definition) is 2. The van der Waals surface area contributed by atoms with Gasteiger partial charge in [-0.05, 0) is 37.5 Å². The second-order valence-electron chi connectivity index (χ2n) is 6.76. The Morgan fingerprint density at radius 3 is 2.83 bits per heavy atom. The molecule has 124 valence electrons. The number of H-pyrrole nitrogens is 1. The molecule has 0 spiro atoms. The molecule has 2 aromatic rings. The lowest BCUT2D eigenvalue weighted by Gasteiger charge is -2.26. The molecule has 1 N–H and O–H groups in total. The largest absolute Gasteiger partial charge is 0.496 e. The summed E-state index contributed by atoms with van der Waals surface area (Å²) in [7, 11) is 3.56. The van der Waals surface area contributed by atoms with Crippen LogP contribution in [0.2, 0.25) is 0 Å². The Bertz CT molecular complexity index is 686. The number of carbonyl (C=O) groups excluding carboxylic acids is 1. The van der Waals surface area contributed by atoms with Gasteiger partial charge in [0, 0.05) is 24.0 Å². The minimum Gasteiger partial charge on any atom is -0.496 e. The normalized spacial score (nSPS) is 16.7. The topological polar surface area (TPSA) is 45.3 Å². The van der Waals surface area contributed by atoms with Crippen LogP contribution in [0.5, 0.6) is 5.75 Å². The van der Waals surface area contributed by atoms with Crippen LogP contribution in [-0.2, 0) is 0 Å². The molecule has 1 aliphatic carbocycles. The molecular formula is C19H26N2O2. The Kier molecular flexibility index (Phi) is 4.60. The number of fused-ring (bicyclic) bond motifs is 1. The molecule has 1 unspecified atom stereocenters. The van der Waals surface area contributed by atoms with E-state index in [0.717, 1.165) is 29.0 Å². The summed E-state index contributed by atoms with van der Waals surface area (Å²) in [6.45, 7) is 2.15. The number of aromatic amines is 1. The standard InChI is InChI=1S/C19H26N2O2/c1-13(11-14-7-4-5-8-14)21(2)19(22)17-12-15-16(20-17)9-6-10-18(15)23-3/h6,9-10,12-14,20H,4-5,7-8,11H2,1-3H3. The fraction of sp³-hybridized carbons (Fsp3) is 0.526. The number of nitrogens with zero attached hydrogens (tertiary/aromatic N) is 1. The minimum atomic E-state index is 0.0498. The first-order valence-corrected chi connectivity index (χ1v) is 8.53. The van der Waals surface area contributed by atoms with Gasteiger partial charge in [0.1, 0.15) is 11.4 Å². The number of ether oxygens (including phenoxy) is 1. The summed E-state index contributed by atoms with van der Waals surface area (Å²) in [5.74, 6) is 1.62. The molecule has 4 heteroatoms. The van der Waals surface area contributed by atoms with Gasteiger partial charge in [0.25, 0.3) is 5.91 Å². The molecule has 4 nitrogen and oxygen atoms in total. The average Bonchev–Trinajstić information content (AvgIpc) is 3.21. The number of benzene rings is 1. The number of carbonyl (C=O) groups is 1. The molecule has 1 fully saturated rings. The Labute approximate surface area is 137 Å². The van der Waals surface area contributed by atoms with E-state index in [9.17, 15) is 4.79 Å². The Morgan fingerprint density at radius 1 is 1.39 bits per heavy atom. The van der Waals surface area contributed by atoms with Crippen LogP contribution >= 0.6 is 0 Å². The number of methoxy groups -OCH3 is 1. The fourth-order valence-corrected chi connectivity index (χ4v) is 3.70. The lowest BCUT2D eigenvalue weighted by atomic mass is 9.98. The van der Waals surface area contributed by atoms with Gasteiger partial charge >= 0.3 is 0 Å². The SMILES string of the molecule is COc1cccc2[nH]c(C(=O)N(C)C(C)CC3CCCC3)cc12. The van der Waals surface area contributed by atoms with Crippen molar-refractivity contribution >= 4 is 16.8 Å². The zero-order chi connectivity index (χ0) is 16.4. The van der Waals surface area contributed by atoms with Crippen LogP contribution in [-0.4, -0.2) is 36.0 Å². The summed E-state index contributed by atoms with van der Waals surface area (Å²) in [6, 6.07) is 7.97. The second kappa shape index (κ2) is 6.65. The number of aromatic nitrogens is 1. The zero-order valence-corrected chi connectivity index (χ0v) is 14.3. The van der Waals surface area contributed by atoms with Crippen molar-refractivity contribution in [2.75, 3.05) is 14.2 Å². The van der Waals surface area contributed by atoms with Crippen molar-refractivity contribution in [3.05, 3.63) is 30.0 Å². The van der Waals surface area contributed by atoms with E-state index in [4.69, 9.17) is 4.74 Å². The highest BCUT2D eigenvalue weighted by Crippen LogP contribution is 2.30. The van der Waals surface area contributed by atoms with Crippen molar-refractivity contribution in [3.8, 4) is 5.75 Å². The van der Waals surface area contributed by atoms with Crippen LogP contribution in [0.25, 0.3) is 10.9 Å². The Hall–Kier alpha value is -1.97. The van der Waals surface area contributed by atoms with E-state index in [2.05, 4.69) is 11.9 Å². The van der Waals surface area contributed by atoms with Crippen LogP contribution in [0, 0.1) is 5.92 Å². The third kappa shape index (κ3) is 3.21. The van der Waals surface area contributed by atoms with Crippen molar-refractivity contribution in [3.63, 3.8) is 0 Å². The quantitative estimate of drug-likeness (QED) is 0.898. The molecule has 0 aliphatic heterocycles. The molecule has 23 heavy (non-hydrogen) atoms. The molecule has 1 aromatic carbocycles. The van der Waals surface area contributed by atoms with Crippen molar-refractivity contribution in [2.24, 2.45) is 5.92 Å². The molecular weight excluding hydrogens is 288 g/mol. The first kappa shape index (κ1) is 15.9. The van der Waals surface area contributed by atoms with Crippen molar-refractivity contribution in [1.29, 1.82) is 0 Å². The first-order valence-electron chi connectivity index (χ1n) is 8.53. The number of amides is 1. The lowest BCUT2D eigenvalue weighted by Crippen LogP contribution is -2.36. The third-order valence-corrected chi connectivity index (χ3v) is 5.21. The van der Waals surface area contributed by atoms with Crippen LogP contribution in [0.4, 0.5) is 0 Å². The molecule has 1 aromatic heterocycles. The molecule has 0 radical (unpaired) electrons. The van der Waals surface area contributed by atoms with Gasteiger partial charge in [-0.2, -0.15) is 0 Å². The van der Waals surface area contributed by atoms with E-state index >= 15 is 0 Å². The van der Waals surface area contributed by atoms with Crippen molar-refractivity contribution in [1.82, 2.24) is 9.88 Å². The van der Waals surface area contributed by atoms with Gasteiger partial charge in [-0.15, -0.1) is 0 Å². The molecule has 0 saturated heterocycles. The van der Waals surface area contributed by atoms with E-state index in [0.29, 0.717) is 5.69 Å². The van der Waals surface area contributed by atoms with Crippen molar-refractivity contribution in [2.45, 2.75) is 45.1 Å². The van der Waals surface area contributed by atoms with Crippen molar-refractivity contribution < 1.29 is 9.53 Å². The summed E-state index contributed by atoms with van der Waals surface area (Å²) >= 11 is 0. The van der Waals surface area contributed by atoms with Gasteiger partial charge in [-0.3, -0.25) is 4.79 Å². The van der Waals surface area contributed by atoms with Gasteiger partial charge < -0.3 is 14.6 Å². The maximum absolute atomic E-state index is 12.8. The van der Waals surface area contributed by atoms with E-state index in [1.165, 1.54) is 25.7 Å². The van der Waals surface area contributed by atoms with E-state index in [1.54, 1.807) is 7.11 Å². The van der Waals surface area contributed by atoms with Crippen LogP contribution in [0.3, 0.4) is 0 Å². The van der Waals surface area contributed by atoms with Gasteiger partial charge in [0.15, 0.2) is 0 Å². The molecule has 1 amide bonds.